The zero-order chi connectivity index (χ0) is 19.5. The molecule has 0 aromatic carbocycles. The maximum Gasteiger partial charge on any atom is 0.191 e. The summed E-state index contributed by atoms with van der Waals surface area (Å²) in [5, 5.41) is 15.1. The molecule has 1 atom stereocenters. The van der Waals surface area contributed by atoms with Crippen molar-refractivity contribution < 1.29 is 9.47 Å². The molecule has 0 spiro atoms. The normalized spacial score (nSPS) is 17.1. The first kappa shape index (κ1) is 21.6. The lowest BCUT2D eigenvalue weighted by atomic mass is 10.2. The second-order valence-electron chi connectivity index (χ2n) is 6.74. The molecular weight excluding hydrogens is 346 g/mol. The number of nitrogens with one attached hydrogen (secondary N) is 2. The van der Waals surface area contributed by atoms with E-state index in [0.717, 1.165) is 76.6 Å². The van der Waals surface area contributed by atoms with Crippen molar-refractivity contribution in [2.24, 2.45) is 12.0 Å². The van der Waals surface area contributed by atoms with Crippen LogP contribution in [0.3, 0.4) is 0 Å². The predicted molar refractivity (Wildman–Crippen MR) is 106 cm³/mol. The van der Waals surface area contributed by atoms with Gasteiger partial charge in [0.1, 0.15) is 12.4 Å². The summed E-state index contributed by atoms with van der Waals surface area (Å²) >= 11 is 0. The largest absolute Gasteiger partial charge is 0.382 e. The summed E-state index contributed by atoms with van der Waals surface area (Å²) in [7, 11) is 1.96. The first-order chi connectivity index (χ1) is 13.1. The van der Waals surface area contributed by atoms with Gasteiger partial charge in [0.05, 0.1) is 13.2 Å². The highest BCUT2D eigenvalue weighted by atomic mass is 16.5. The summed E-state index contributed by atoms with van der Waals surface area (Å²) in [6, 6.07) is 0.418. The molecule has 1 aromatic rings. The molecule has 0 aliphatic carbocycles. The van der Waals surface area contributed by atoms with Gasteiger partial charge in [-0.15, -0.1) is 10.2 Å². The van der Waals surface area contributed by atoms with Crippen LogP contribution in [0.25, 0.3) is 0 Å². The van der Waals surface area contributed by atoms with Gasteiger partial charge in [-0.1, -0.05) is 0 Å². The Morgan fingerprint density at radius 2 is 2.07 bits per heavy atom. The second-order valence-corrected chi connectivity index (χ2v) is 6.74. The number of aryl methyl sites for hydroxylation is 1. The van der Waals surface area contributed by atoms with Gasteiger partial charge in [-0.25, -0.2) is 4.99 Å². The van der Waals surface area contributed by atoms with E-state index in [1.54, 1.807) is 0 Å². The number of ether oxygens (including phenoxy) is 2. The fraction of sp³-hybridized carbons (Fsp3) is 0.833. The van der Waals surface area contributed by atoms with E-state index in [2.05, 4.69) is 32.7 Å². The summed E-state index contributed by atoms with van der Waals surface area (Å²) in [5.74, 6) is 2.54. The summed E-state index contributed by atoms with van der Waals surface area (Å²) in [4.78, 5) is 7.13. The monoisotopic (exact) mass is 381 g/mol. The Kier molecular flexibility index (Phi) is 9.51. The minimum atomic E-state index is 0.418. The molecule has 2 rings (SSSR count). The van der Waals surface area contributed by atoms with Crippen molar-refractivity contribution in [2.45, 2.75) is 39.8 Å². The highest BCUT2D eigenvalue weighted by Crippen LogP contribution is 2.03. The molecule has 9 nitrogen and oxygen atoms in total. The zero-order valence-electron chi connectivity index (χ0n) is 17.2. The van der Waals surface area contributed by atoms with Crippen molar-refractivity contribution in [1.29, 1.82) is 0 Å². The molecule has 0 saturated carbocycles. The molecule has 2 heterocycles. The maximum atomic E-state index is 5.44. The Balaban J connectivity index is 1.87. The molecular formula is C18H35N7O2. The Hall–Kier alpha value is -1.71. The first-order valence-electron chi connectivity index (χ1n) is 9.88. The SMILES string of the molecule is CCOCCCNC(=NCc1nnc(C)n1C)NCC(C)N1CCOCC1. The standard InChI is InChI=1S/C18H35N7O2/c1-5-26-10-6-7-19-18(21-14-17-23-22-16(3)24(17)4)20-13-15(2)25-8-11-27-12-9-25/h15H,5-14H2,1-4H3,(H2,19,20,21). The van der Waals surface area contributed by atoms with Crippen LogP contribution < -0.4 is 10.6 Å². The lowest BCUT2D eigenvalue weighted by Crippen LogP contribution is -2.49. The summed E-state index contributed by atoms with van der Waals surface area (Å²) in [6.45, 7) is 13.4. The molecule has 1 aliphatic rings. The fourth-order valence-corrected chi connectivity index (χ4v) is 2.83. The van der Waals surface area contributed by atoms with Crippen LogP contribution in [0.15, 0.2) is 4.99 Å². The number of hydrogen-bond acceptors (Lipinski definition) is 6. The van der Waals surface area contributed by atoms with Crippen LogP contribution in [-0.2, 0) is 23.1 Å². The number of aliphatic imine (C=N–C) groups is 1. The van der Waals surface area contributed by atoms with Crippen LogP contribution in [0, 0.1) is 6.92 Å². The smallest absolute Gasteiger partial charge is 0.191 e. The summed E-state index contributed by atoms with van der Waals surface area (Å²) < 4.78 is 12.8. The van der Waals surface area contributed by atoms with Crippen LogP contribution in [0.2, 0.25) is 0 Å². The van der Waals surface area contributed by atoms with E-state index >= 15 is 0 Å². The lowest BCUT2D eigenvalue weighted by Gasteiger charge is -2.32. The van der Waals surface area contributed by atoms with Crippen molar-refractivity contribution in [2.75, 3.05) is 52.6 Å². The lowest BCUT2D eigenvalue weighted by molar-refractivity contribution is 0.0211. The molecule has 1 fully saturated rings. The minimum Gasteiger partial charge on any atom is -0.382 e. The molecule has 0 radical (unpaired) electrons. The Bertz CT molecular complexity index is 570. The van der Waals surface area contributed by atoms with Gasteiger partial charge in [0.15, 0.2) is 11.8 Å². The third-order valence-corrected chi connectivity index (χ3v) is 4.76. The number of guanidine groups is 1. The van der Waals surface area contributed by atoms with Crippen LogP contribution in [0.1, 0.15) is 31.9 Å². The van der Waals surface area contributed by atoms with Gasteiger partial charge >= 0.3 is 0 Å². The Morgan fingerprint density at radius 3 is 2.74 bits per heavy atom. The first-order valence-corrected chi connectivity index (χ1v) is 9.88. The van der Waals surface area contributed by atoms with Crippen molar-refractivity contribution in [3.8, 4) is 0 Å². The van der Waals surface area contributed by atoms with Crippen LogP contribution in [0.5, 0.6) is 0 Å². The number of hydrogen-bond donors (Lipinski definition) is 2. The van der Waals surface area contributed by atoms with Crippen LogP contribution in [0.4, 0.5) is 0 Å². The average molecular weight is 382 g/mol. The highest BCUT2D eigenvalue weighted by Gasteiger charge is 2.17. The second kappa shape index (κ2) is 11.9. The average Bonchev–Trinajstić information content (AvgIpc) is 3.01. The molecule has 9 heteroatoms. The Morgan fingerprint density at radius 1 is 1.30 bits per heavy atom. The third kappa shape index (κ3) is 7.43. The maximum absolute atomic E-state index is 5.44. The molecule has 1 aliphatic heterocycles. The molecule has 27 heavy (non-hydrogen) atoms. The van der Waals surface area contributed by atoms with Gasteiger partial charge in [0.25, 0.3) is 0 Å². The van der Waals surface area contributed by atoms with Crippen molar-refractivity contribution in [3.05, 3.63) is 11.6 Å². The number of aromatic nitrogens is 3. The van der Waals surface area contributed by atoms with Gasteiger partial charge in [-0.3, -0.25) is 4.90 Å². The van der Waals surface area contributed by atoms with Crippen LogP contribution in [-0.4, -0.2) is 84.3 Å². The van der Waals surface area contributed by atoms with Crippen molar-refractivity contribution in [1.82, 2.24) is 30.3 Å². The van der Waals surface area contributed by atoms with Gasteiger partial charge in [-0.2, -0.15) is 0 Å². The van der Waals surface area contributed by atoms with E-state index in [1.165, 1.54) is 0 Å². The van der Waals surface area contributed by atoms with E-state index in [4.69, 9.17) is 14.5 Å². The zero-order valence-corrected chi connectivity index (χ0v) is 17.2. The molecule has 0 bridgehead atoms. The fourth-order valence-electron chi connectivity index (χ4n) is 2.83. The molecule has 2 N–H and O–H groups in total. The van der Waals surface area contributed by atoms with Gasteiger partial charge in [0.2, 0.25) is 0 Å². The summed E-state index contributed by atoms with van der Waals surface area (Å²) in [5.41, 5.74) is 0. The van der Waals surface area contributed by atoms with Gasteiger partial charge < -0.3 is 24.7 Å². The molecule has 1 aromatic heterocycles. The molecule has 0 amide bonds. The van der Waals surface area contributed by atoms with E-state index < -0.39 is 0 Å². The van der Waals surface area contributed by atoms with Crippen LogP contribution >= 0.6 is 0 Å². The van der Waals surface area contributed by atoms with Crippen molar-refractivity contribution in [3.63, 3.8) is 0 Å². The van der Waals surface area contributed by atoms with Crippen molar-refractivity contribution >= 4 is 5.96 Å². The van der Waals surface area contributed by atoms with Gasteiger partial charge in [0, 0.05) is 52.5 Å². The van der Waals surface area contributed by atoms with Gasteiger partial charge in [-0.05, 0) is 27.2 Å². The van der Waals surface area contributed by atoms with E-state index in [9.17, 15) is 0 Å². The molecule has 154 valence electrons. The minimum absolute atomic E-state index is 0.418. The van der Waals surface area contributed by atoms with E-state index in [-0.39, 0.29) is 0 Å². The number of nitrogens with zero attached hydrogens (tertiary/aromatic N) is 5. The van der Waals surface area contributed by atoms with E-state index in [0.29, 0.717) is 12.6 Å². The Labute approximate surface area is 162 Å². The molecule has 1 unspecified atom stereocenters. The quantitative estimate of drug-likeness (QED) is 0.342. The predicted octanol–water partition coefficient (Wildman–Crippen LogP) is 0.306. The molecule has 1 saturated heterocycles. The number of morpholine rings is 1. The summed E-state index contributed by atoms with van der Waals surface area (Å²) in [6.07, 6.45) is 0.941. The highest BCUT2D eigenvalue weighted by molar-refractivity contribution is 5.79. The van der Waals surface area contributed by atoms with E-state index in [1.807, 2.05) is 25.5 Å². The topological polar surface area (TPSA) is 88.8 Å². The third-order valence-electron chi connectivity index (χ3n) is 4.76. The number of rotatable bonds is 10.